The molecule has 0 aromatic carbocycles. The maximum Gasteiger partial charge on any atom is 0.340 e. The van der Waals surface area contributed by atoms with Gasteiger partial charge in [0.05, 0.1) is 12.0 Å². The van der Waals surface area contributed by atoms with Crippen LogP contribution in [0.2, 0.25) is 0 Å². The first kappa shape index (κ1) is 14.4. The minimum absolute atomic E-state index is 0.0627. The fourth-order valence-corrected chi connectivity index (χ4v) is 1.62. The number of rotatable bonds is 6. The standard InChI is InChI=1S/C10H10F2N2O3S/c11-10(12)18-8-6(2-1-4-14-8)9(16)17-5-3-7(13)15/h1-2,4,10H,3,5H2,(H2,13,15). The first-order chi connectivity index (χ1) is 8.50. The van der Waals surface area contributed by atoms with E-state index in [-0.39, 0.29) is 35.4 Å². The number of ether oxygens (including phenoxy) is 1. The Hall–Kier alpha value is -1.70. The maximum atomic E-state index is 12.2. The first-order valence-corrected chi connectivity index (χ1v) is 5.74. The molecule has 2 N–H and O–H groups in total. The van der Waals surface area contributed by atoms with Gasteiger partial charge in [0.25, 0.3) is 5.76 Å². The summed E-state index contributed by atoms with van der Waals surface area (Å²) in [6, 6.07) is 2.75. The smallest absolute Gasteiger partial charge is 0.340 e. The van der Waals surface area contributed by atoms with Gasteiger partial charge in [-0.25, -0.2) is 9.78 Å². The number of thioether (sulfide) groups is 1. The third kappa shape index (κ3) is 4.66. The number of nitrogens with zero attached hydrogens (tertiary/aromatic N) is 1. The summed E-state index contributed by atoms with van der Waals surface area (Å²) in [6.45, 7) is -0.193. The largest absolute Gasteiger partial charge is 0.461 e. The van der Waals surface area contributed by atoms with E-state index in [1.165, 1.54) is 18.3 Å². The quantitative estimate of drug-likeness (QED) is 0.627. The second-order valence-electron chi connectivity index (χ2n) is 3.09. The van der Waals surface area contributed by atoms with Gasteiger partial charge in [-0.3, -0.25) is 4.79 Å². The van der Waals surface area contributed by atoms with Crippen LogP contribution in [-0.4, -0.2) is 29.2 Å². The van der Waals surface area contributed by atoms with Crippen LogP contribution in [0.15, 0.2) is 23.4 Å². The molecule has 0 aliphatic carbocycles. The highest BCUT2D eigenvalue weighted by molar-refractivity contribution is 7.99. The van der Waals surface area contributed by atoms with Crippen LogP contribution in [0, 0.1) is 0 Å². The van der Waals surface area contributed by atoms with Crippen LogP contribution in [0.25, 0.3) is 0 Å². The lowest BCUT2D eigenvalue weighted by Crippen LogP contribution is -2.16. The zero-order valence-corrected chi connectivity index (χ0v) is 9.95. The second kappa shape index (κ2) is 6.90. The summed E-state index contributed by atoms with van der Waals surface area (Å²) in [4.78, 5) is 25.7. The molecule has 0 spiro atoms. The minimum Gasteiger partial charge on any atom is -0.461 e. The average molecular weight is 276 g/mol. The summed E-state index contributed by atoms with van der Waals surface area (Å²) in [6.07, 6.45) is 1.17. The lowest BCUT2D eigenvalue weighted by atomic mass is 10.3. The highest BCUT2D eigenvalue weighted by atomic mass is 32.2. The van der Waals surface area contributed by atoms with Gasteiger partial charge in [0.1, 0.15) is 11.6 Å². The summed E-state index contributed by atoms with van der Waals surface area (Å²) in [5.74, 6) is -4.11. The average Bonchev–Trinajstić information content (AvgIpc) is 2.28. The molecule has 8 heteroatoms. The molecule has 1 rings (SSSR count). The molecule has 0 atom stereocenters. The minimum atomic E-state index is -2.68. The monoisotopic (exact) mass is 276 g/mol. The van der Waals surface area contributed by atoms with Gasteiger partial charge in [-0.1, -0.05) is 0 Å². The lowest BCUT2D eigenvalue weighted by molar-refractivity contribution is -0.118. The van der Waals surface area contributed by atoms with Crippen molar-refractivity contribution in [2.45, 2.75) is 17.2 Å². The molecule has 1 aromatic heterocycles. The Balaban J connectivity index is 2.69. The van der Waals surface area contributed by atoms with Crippen molar-refractivity contribution < 1.29 is 23.1 Å². The molecular formula is C10H10F2N2O3S. The van der Waals surface area contributed by atoms with Gasteiger partial charge in [0, 0.05) is 6.20 Å². The number of esters is 1. The Morgan fingerprint density at radius 2 is 2.22 bits per heavy atom. The summed E-state index contributed by atoms with van der Waals surface area (Å²) in [5.41, 5.74) is 4.80. The number of carbonyl (C=O) groups is 2. The molecule has 18 heavy (non-hydrogen) atoms. The van der Waals surface area contributed by atoms with Crippen molar-refractivity contribution in [3.63, 3.8) is 0 Å². The van der Waals surface area contributed by atoms with Crippen LogP contribution in [-0.2, 0) is 9.53 Å². The molecule has 1 amide bonds. The van der Waals surface area contributed by atoms with Gasteiger partial charge in [-0.05, 0) is 23.9 Å². The number of carbonyl (C=O) groups excluding carboxylic acids is 2. The lowest BCUT2D eigenvalue weighted by Gasteiger charge is -2.07. The Morgan fingerprint density at radius 3 is 2.83 bits per heavy atom. The molecule has 0 radical (unpaired) electrons. The molecule has 0 unspecified atom stereocenters. The predicted molar refractivity (Wildman–Crippen MR) is 60.2 cm³/mol. The number of amides is 1. The number of hydrogen-bond donors (Lipinski definition) is 1. The predicted octanol–water partition coefficient (Wildman–Crippen LogP) is 1.43. The molecule has 0 saturated carbocycles. The molecular weight excluding hydrogens is 266 g/mol. The van der Waals surface area contributed by atoms with Crippen LogP contribution in [0.1, 0.15) is 16.8 Å². The third-order valence-electron chi connectivity index (χ3n) is 1.77. The zero-order chi connectivity index (χ0) is 13.5. The van der Waals surface area contributed by atoms with Crippen molar-refractivity contribution in [3.05, 3.63) is 23.9 Å². The van der Waals surface area contributed by atoms with E-state index >= 15 is 0 Å². The fraction of sp³-hybridized carbons (Fsp3) is 0.300. The maximum absolute atomic E-state index is 12.2. The van der Waals surface area contributed by atoms with Gasteiger partial charge in [0.15, 0.2) is 0 Å². The number of alkyl halides is 2. The highest BCUT2D eigenvalue weighted by Crippen LogP contribution is 2.26. The topological polar surface area (TPSA) is 82.3 Å². The number of aromatic nitrogens is 1. The van der Waals surface area contributed by atoms with Crippen molar-refractivity contribution in [1.29, 1.82) is 0 Å². The van der Waals surface area contributed by atoms with Crippen LogP contribution in [0.5, 0.6) is 0 Å². The number of hydrogen-bond acceptors (Lipinski definition) is 5. The normalized spacial score (nSPS) is 10.4. The van der Waals surface area contributed by atoms with Gasteiger partial charge in [0.2, 0.25) is 5.91 Å². The first-order valence-electron chi connectivity index (χ1n) is 4.86. The van der Waals surface area contributed by atoms with Crippen molar-refractivity contribution in [1.82, 2.24) is 4.98 Å². The van der Waals surface area contributed by atoms with E-state index in [2.05, 4.69) is 4.98 Å². The van der Waals surface area contributed by atoms with E-state index in [1.54, 1.807) is 0 Å². The van der Waals surface area contributed by atoms with E-state index in [0.29, 0.717) is 0 Å². The number of nitrogens with two attached hydrogens (primary N) is 1. The van der Waals surface area contributed by atoms with Crippen molar-refractivity contribution in [2.75, 3.05) is 6.61 Å². The van der Waals surface area contributed by atoms with Gasteiger partial charge in [-0.15, -0.1) is 0 Å². The molecule has 0 fully saturated rings. The van der Waals surface area contributed by atoms with Crippen molar-refractivity contribution in [3.8, 4) is 0 Å². The molecule has 98 valence electrons. The summed E-state index contributed by atoms with van der Waals surface area (Å²) in [5, 5.41) is -0.114. The van der Waals surface area contributed by atoms with Gasteiger partial charge < -0.3 is 10.5 Å². The summed E-state index contributed by atoms with van der Waals surface area (Å²) < 4.78 is 29.2. The van der Waals surface area contributed by atoms with Gasteiger partial charge in [-0.2, -0.15) is 8.78 Å². The Kier molecular flexibility index (Phi) is 5.50. The molecule has 0 aliphatic rings. The Bertz CT molecular complexity index is 443. The molecule has 1 heterocycles. The number of pyridine rings is 1. The van der Waals surface area contributed by atoms with E-state index in [1.807, 2.05) is 0 Å². The zero-order valence-electron chi connectivity index (χ0n) is 9.14. The summed E-state index contributed by atoms with van der Waals surface area (Å²) >= 11 is 0.156. The van der Waals surface area contributed by atoms with E-state index in [9.17, 15) is 18.4 Å². The molecule has 1 aromatic rings. The third-order valence-corrected chi connectivity index (χ3v) is 2.50. The SMILES string of the molecule is NC(=O)CCOC(=O)c1cccnc1SC(F)F. The Labute approximate surface area is 106 Å². The van der Waals surface area contributed by atoms with E-state index in [4.69, 9.17) is 10.5 Å². The van der Waals surface area contributed by atoms with Crippen molar-refractivity contribution >= 4 is 23.6 Å². The number of primary amides is 1. The second-order valence-corrected chi connectivity index (χ2v) is 4.07. The molecule has 0 bridgehead atoms. The van der Waals surface area contributed by atoms with Crippen LogP contribution >= 0.6 is 11.8 Å². The molecule has 0 saturated heterocycles. The van der Waals surface area contributed by atoms with E-state index < -0.39 is 17.6 Å². The Morgan fingerprint density at radius 1 is 1.50 bits per heavy atom. The fourth-order valence-electron chi connectivity index (χ4n) is 1.05. The van der Waals surface area contributed by atoms with Crippen LogP contribution < -0.4 is 5.73 Å². The highest BCUT2D eigenvalue weighted by Gasteiger charge is 2.17. The summed E-state index contributed by atoms with van der Waals surface area (Å²) in [7, 11) is 0. The van der Waals surface area contributed by atoms with Crippen LogP contribution in [0.4, 0.5) is 8.78 Å². The van der Waals surface area contributed by atoms with Crippen molar-refractivity contribution in [2.24, 2.45) is 5.73 Å². The molecule has 0 aliphatic heterocycles. The number of halogens is 2. The van der Waals surface area contributed by atoms with Gasteiger partial charge >= 0.3 is 5.97 Å². The van der Waals surface area contributed by atoms with Crippen LogP contribution in [0.3, 0.4) is 0 Å². The molecule has 5 nitrogen and oxygen atoms in total. The van der Waals surface area contributed by atoms with E-state index in [0.717, 1.165) is 0 Å².